The first kappa shape index (κ1) is 20.6. The van der Waals surface area contributed by atoms with Crippen LogP contribution >= 0.6 is 22.9 Å². The number of carbonyl (C=O) groups is 1. The van der Waals surface area contributed by atoms with Crippen LogP contribution in [0.4, 0.5) is 9.52 Å². The predicted molar refractivity (Wildman–Crippen MR) is 126 cm³/mol. The standard InChI is InChI=1S/C23H20ClFN6OS/c24-16-4-5-18-20(9-16)33-23(28-18)30-12-14-8-15(13-30)11-29(10-14)22(32)21-17(25)2-1-3-19(21)31-26-6-7-27-31/h1-7,9,14-15H,8,10-13H2. The van der Waals surface area contributed by atoms with Crippen LogP contribution in [0.5, 0.6) is 0 Å². The van der Waals surface area contributed by atoms with E-state index < -0.39 is 5.82 Å². The van der Waals surface area contributed by atoms with Crippen molar-refractivity contribution in [3.8, 4) is 5.69 Å². The first-order valence-corrected chi connectivity index (χ1v) is 12.0. The number of anilines is 1. The fraction of sp³-hybridized carbons (Fsp3) is 0.304. The number of piperidine rings is 2. The van der Waals surface area contributed by atoms with E-state index in [1.54, 1.807) is 28.4 Å². The zero-order valence-corrected chi connectivity index (χ0v) is 19.1. The van der Waals surface area contributed by atoms with Crippen molar-refractivity contribution in [3.05, 3.63) is 65.2 Å². The molecule has 0 spiro atoms. The zero-order valence-electron chi connectivity index (χ0n) is 17.6. The van der Waals surface area contributed by atoms with Crippen LogP contribution in [0.15, 0.2) is 48.8 Å². The summed E-state index contributed by atoms with van der Waals surface area (Å²) in [5.74, 6) is -0.260. The number of thiazole rings is 1. The molecule has 2 saturated heterocycles. The van der Waals surface area contributed by atoms with Crippen LogP contribution < -0.4 is 4.90 Å². The molecule has 0 radical (unpaired) electrons. The van der Waals surface area contributed by atoms with Crippen LogP contribution in [0.2, 0.25) is 5.02 Å². The van der Waals surface area contributed by atoms with Gasteiger partial charge in [0.2, 0.25) is 0 Å². The smallest absolute Gasteiger partial charge is 0.259 e. The molecule has 0 saturated carbocycles. The number of fused-ring (bicyclic) bond motifs is 3. The number of rotatable bonds is 3. The Hall–Kier alpha value is -3.04. The van der Waals surface area contributed by atoms with E-state index in [1.165, 1.54) is 23.3 Å². The maximum Gasteiger partial charge on any atom is 0.259 e. The minimum atomic E-state index is -0.555. The molecule has 2 aromatic heterocycles. The van der Waals surface area contributed by atoms with Crippen molar-refractivity contribution >= 4 is 44.2 Å². The SMILES string of the molecule is O=C(c1c(F)cccc1-n1nccn1)N1CC2CC(C1)CN(c1nc3ccc(Cl)cc3s1)C2. The van der Waals surface area contributed by atoms with Gasteiger partial charge in [-0.2, -0.15) is 15.0 Å². The van der Waals surface area contributed by atoms with Crippen molar-refractivity contribution in [2.75, 3.05) is 31.1 Å². The lowest BCUT2D eigenvalue weighted by molar-refractivity contribution is 0.0560. The molecular formula is C23H20ClFN6OS. The van der Waals surface area contributed by atoms with Gasteiger partial charge in [0.1, 0.15) is 17.1 Å². The molecule has 2 aromatic carbocycles. The third kappa shape index (κ3) is 3.75. The van der Waals surface area contributed by atoms with Crippen molar-refractivity contribution in [3.63, 3.8) is 0 Å². The largest absolute Gasteiger partial charge is 0.347 e. The summed E-state index contributed by atoms with van der Waals surface area (Å²) in [6, 6.07) is 10.3. The van der Waals surface area contributed by atoms with E-state index in [0.29, 0.717) is 35.6 Å². The van der Waals surface area contributed by atoms with Crippen LogP contribution in [0.25, 0.3) is 15.9 Å². The molecule has 10 heteroatoms. The van der Waals surface area contributed by atoms with Gasteiger partial charge in [0.05, 0.1) is 22.6 Å². The Labute approximate surface area is 198 Å². The minimum absolute atomic E-state index is 0.0218. The molecule has 2 bridgehead atoms. The number of aromatic nitrogens is 4. The highest BCUT2D eigenvalue weighted by Gasteiger charge is 2.38. The summed E-state index contributed by atoms with van der Waals surface area (Å²) >= 11 is 7.78. The van der Waals surface area contributed by atoms with Crippen molar-refractivity contribution in [2.24, 2.45) is 11.8 Å². The summed E-state index contributed by atoms with van der Waals surface area (Å²) < 4.78 is 15.9. The second kappa shape index (κ2) is 8.07. The van der Waals surface area contributed by atoms with Gasteiger partial charge in [-0.1, -0.05) is 29.0 Å². The molecule has 4 heterocycles. The molecule has 7 nitrogen and oxygen atoms in total. The molecule has 0 N–H and O–H groups in total. The summed E-state index contributed by atoms with van der Waals surface area (Å²) in [7, 11) is 0. The first-order chi connectivity index (χ1) is 16.0. The molecular weight excluding hydrogens is 463 g/mol. The van der Waals surface area contributed by atoms with Gasteiger partial charge < -0.3 is 9.80 Å². The molecule has 0 aliphatic carbocycles. The maximum absolute atomic E-state index is 14.8. The van der Waals surface area contributed by atoms with Gasteiger partial charge in [-0.3, -0.25) is 4.79 Å². The Balaban J connectivity index is 1.24. The van der Waals surface area contributed by atoms with Crippen LogP contribution in [-0.2, 0) is 0 Å². The number of amides is 1. The van der Waals surface area contributed by atoms with E-state index in [4.69, 9.17) is 16.6 Å². The minimum Gasteiger partial charge on any atom is -0.347 e. The highest BCUT2D eigenvalue weighted by molar-refractivity contribution is 7.22. The van der Waals surface area contributed by atoms with Crippen LogP contribution in [-0.4, -0.2) is 57.0 Å². The van der Waals surface area contributed by atoms with Crippen molar-refractivity contribution < 1.29 is 9.18 Å². The molecule has 1 amide bonds. The second-order valence-corrected chi connectivity index (χ2v) is 10.1. The molecule has 168 valence electrons. The number of hydrogen-bond acceptors (Lipinski definition) is 6. The van der Waals surface area contributed by atoms with Crippen LogP contribution in [0.3, 0.4) is 0 Å². The Morgan fingerprint density at radius 1 is 1.06 bits per heavy atom. The Bertz CT molecular complexity index is 1330. The summed E-state index contributed by atoms with van der Waals surface area (Å²) in [5.41, 5.74) is 1.33. The average Bonchev–Trinajstić information content (AvgIpc) is 3.47. The zero-order chi connectivity index (χ0) is 22.5. The molecule has 2 fully saturated rings. The summed E-state index contributed by atoms with van der Waals surface area (Å²) in [6.45, 7) is 2.81. The average molecular weight is 483 g/mol. The van der Waals surface area contributed by atoms with Gasteiger partial charge in [0, 0.05) is 31.2 Å². The van der Waals surface area contributed by atoms with Crippen LogP contribution in [0.1, 0.15) is 16.8 Å². The van der Waals surface area contributed by atoms with E-state index in [1.807, 2.05) is 18.2 Å². The molecule has 33 heavy (non-hydrogen) atoms. The van der Waals surface area contributed by atoms with E-state index in [-0.39, 0.29) is 11.5 Å². The monoisotopic (exact) mass is 482 g/mol. The highest BCUT2D eigenvalue weighted by atomic mass is 35.5. The molecule has 2 aliphatic heterocycles. The second-order valence-electron chi connectivity index (χ2n) is 8.64. The lowest BCUT2D eigenvalue weighted by Crippen LogP contribution is -2.54. The van der Waals surface area contributed by atoms with E-state index in [2.05, 4.69) is 15.1 Å². The fourth-order valence-corrected chi connectivity index (χ4v) is 6.27. The normalized spacial score (nSPS) is 20.4. The van der Waals surface area contributed by atoms with Gasteiger partial charge >= 0.3 is 0 Å². The highest BCUT2D eigenvalue weighted by Crippen LogP contribution is 2.36. The number of halogens is 2. The number of carbonyl (C=O) groups excluding carboxylic acids is 1. The van der Waals surface area contributed by atoms with Crippen LogP contribution in [0, 0.1) is 17.7 Å². The Morgan fingerprint density at radius 3 is 2.58 bits per heavy atom. The topological polar surface area (TPSA) is 67.2 Å². The number of likely N-dealkylation sites (tertiary alicyclic amines) is 1. The lowest BCUT2D eigenvalue weighted by atomic mass is 9.84. The quantitative estimate of drug-likeness (QED) is 0.436. The predicted octanol–water partition coefficient (Wildman–Crippen LogP) is 4.27. The maximum atomic E-state index is 14.8. The van der Waals surface area contributed by atoms with E-state index in [9.17, 15) is 9.18 Å². The Kier molecular flexibility index (Phi) is 5.03. The van der Waals surface area contributed by atoms with Gasteiger partial charge in [-0.05, 0) is 48.6 Å². The van der Waals surface area contributed by atoms with E-state index >= 15 is 0 Å². The third-order valence-corrected chi connectivity index (χ3v) is 7.63. The molecule has 4 aromatic rings. The third-order valence-electron chi connectivity index (χ3n) is 6.32. The summed E-state index contributed by atoms with van der Waals surface area (Å²) in [4.78, 5) is 23.7. The molecule has 2 aliphatic rings. The number of hydrogen-bond donors (Lipinski definition) is 0. The van der Waals surface area contributed by atoms with Crippen molar-refractivity contribution in [1.82, 2.24) is 24.9 Å². The Morgan fingerprint density at radius 2 is 1.82 bits per heavy atom. The van der Waals surface area contributed by atoms with Gasteiger partial charge in [0.25, 0.3) is 5.91 Å². The summed E-state index contributed by atoms with van der Waals surface area (Å²) in [5, 5.41) is 9.87. The van der Waals surface area contributed by atoms with Gasteiger partial charge in [-0.15, -0.1) is 0 Å². The molecule has 2 atom stereocenters. The van der Waals surface area contributed by atoms with Gasteiger partial charge in [0.15, 0.2) is 5.13 Å². The fourth-order valence-electron chi connectivity index (χ4n) is 5.01. The molecule has 6 rings (SSSR count). The molecule has 2 unspecified atom stereocenters. The van der Waals surface area contributed by atoms with Crippen molar-refractivity contribution in [1.29, 1.82) is 0 Å². The van der Waals surface area contributed by atoms with Gasteiger partial charge in [-0.25, -0.2) is 9.37 Å². The number of nitrogens with zero attached hydrogens (tertiary/aromatic N) is 6. The first-order valence-electron chi connectivity index (χ1n) is 10.8. The summed E-state index contributed by atoms with van der Waals surface area (Å²) in [6.07, 6.45) is 4.08. The lowest BCUT2D eigenvalue weighted by Gasteiger charge is -2.45. The van der Waals surface area contributed by atoms with E-state index in [0.717, 1.165) is 34.9 Å². The number of benzene rings is 2. The van der Waals surface area contributed by atoms with Crippen molar-refractivity contribution in [2.45, 2.75) is 6.42 Å².